The zero-order valence-electron chi connectivity index (χ0n) is 15.6. The fourth-order valence-corrected chi connectivity index (χ4v) is 4.16. The molecule has 1 saturated heterocycles. The molecule has 2 aromatic rings. The maximum atomic E-state index is 13.6. The Bertz CT molecular complexity index is 809. The van der Waals surface area contributed by atoms with E-state index in [0.29, 0.717) is 26.4 Å². The van der Waals surface area contributed by atoms with Gasteiger partial charge in [0.25, 0.3) is 0 Å². The summed E-state index contributed by atoms with van der Waals surface area (Å²) in [4.78, 5) is 2.31. The van der Waals surface area contributed by atoms with Crippen LogP contribution in [0.3, 0.4) is 0 Å². The van der Waals surface area contributed by atoms with Crippen molar-refractivity contribution in [1.29, 1.82) is 0 Å². The minimum absolute atomic E-state index is 0.178. The van der Waals surface area contributed by atoms with Gasteiger partial charge in [0.2, 0.25) is 0 Å². The minimum atomic E-state index is -0.806. The molecule has 2 aliphatic heterocycles. The highest BCUT2D eigenvalue weighted by molar-refractivity contribution is 5.31. The van der Waals surface area contributed by atoms with Crippen LogP contribution in [0.2, 0.25) is 0 Å². The molecule has 0 spiro atoms. The lowest BCUT2D eigenvalue weighted by Gasteiger charge is -2.25. The van der Waals surface area contributed by atoms with Crippen molar-refractivity contribution >= 4 is 0 Å². The van der Waals surface area contributed by atoms with Gasteiger partial charge in [-0.1, -0.05) is 6.07 Å². The highest BCUT2D eigenvalue weighted by Crippen LogP contribution is 2.36. The predicted octanol–water partition coefficient (Wildman–Crippen LogP) is 3.22. The van der Waals surface area contributed by atoms with Gasteiger partial charge in [-0.15, -0.1) is 0 Å². The molecule has 4 rings (SSSR count). The number of hydrogen-bond donors (Lipinski definition) is 0. The Balaban J connectivity index is 1.59. The van der Waals surface area contributed by atoms with E-state index in [1.165, 1.54) is 23.4 Å². The van der Waals surface area contributed by atoms with Gasteiger partial charge in [-0.3, -0.25) is 9.58 Å². The van der Waals surface area contributed by atoms with E-state index in [1.54, 1.807) is 13.2 Å². The first-order chi connectivity index (χ1) is 13.2. The maximum Gasteiger partial charge on any atom is 0.159 e. The second-order valence-electron chi connectivity index (χ2n) is 7.21. The molecule has 0 radical (unpaired) electrons. The van der Waals surface area contributed by atoms with Gasteiger partial charge in [0.1, 0.15) is 0 Å². The molecule has 0 amide bonds. The average Bonchev–Trinajstić information content (AvgIpc) is 3.27. The first-order valence-corrected chi connectivity index (χ1v) is 9.50. The number of hydrogen-bond acceptors (Lipinski definition) is 4. The Morgan fingerprint density at radius 1 is 1.30 bits per heavy atom. The smallest absolute Gasteiger partial charge is 0.159 e. The molecule has 0 N–H and O–H groups in total. The van der Waals surface area contributed by atoms with Crippen molar-refractivity contribution < 1.29 is 18.3 Å². The standard InChI is InChI=1S/C20H25F2N3O2/c1-26-10-8-25-18-6-9-27-13-15(18)20(23-25)19-3-2-7-24(19)12-14-4-5-16(21)17(22)11-14/h4-5,11,19H,2-3,6-10,12-13H2,1H3/t19-/m0/s1. The fourth-order valence-electron chi connectivity index (χ4n) is 4.16. The van der Waals surface area contributed by atoms with Crippen LogP contribution < -0.4 is 0 Å². The third-order valence-corrected chi connectivity index (χ3v) is 5.48. The van der Waals surface area contributed by atoms with E-state index in [0.717, 1.165) is 43.6 Å². The first-order valence-electron chi connectivity index (χ1n) is 9.50. The third kappa shape index (κ3) is 3.77. The fraction of sp³-hybridized carbons (Fsp3) is 0.550. The largest absolute Gasteiger partial charge is 0.383 e. The molecule has 1 aromatic carbocycles. The van der Waals surface area contributed by atoms with Gasteiger partial charge in [0, 0.05) is 31.3 Å². The molecular formula is C20H25F2N3O2. The molecule has 0 bridgehead atoms. The number of benzene rings is 1. The summed E-state index contributed by atoms with van der Waals surface area (Å²) in [6.45, 7) is 4.17. The number of nitrogens with zero attached hydrogens (tertiary/aromatic N) is 3. The van der Waals surface area contributed by atoms with Crippen LogP contribution >= 0.6 is 0 Å². The minimum Gasteiger partial charge on any atom is -0.383 e. The van der Waals surface area contributed by atoms with Crippen molar-refractivity contribution in [2.24, 2.45) is 0 Å². The molecule has 1 fully saturated rings. The second kappa shape index (κ2) is 8.04. The van der Waals surface area contributed by atoms with Gasteiger partial charge in [-0.25, -0.2) is 8.78 Å². The van der Waals surface area contributed by atoms with Crippen LogP contribution in [0.1, 0.15) is 41.4 Å². The zero-order valence-corrected chi connectivity index (χ0v) is 15.6. The summed E-state index contributed by atoms with van der Waals surface area (Å²) in [7, 11) is 1.69. The van der Waals surface area contributed by atoms with Crippen molar-refractivity contribution in [2.75, 3.05) is 26.9 Å². The zero-order chi connectivity index (χ0) is 18.8. The van der Waals surface area contributed by atoms with Crippen LogP contribution in [0.15, 0.2) is 18.2 Å². The number of likely N-dealkylation sites (tertiary alicyclic amines) is 1. The van der Waals surface area contributed by atoms with E-state index in [4.69, 9.17) is 14.6 Å². The molecule has 146 valence electrons. The highest BCUT2D eigenvalue weighted by Gasteiger charge is 2.33. The van der Waals surface area contributed by atoms with E-state index in [-0.39, 0.29) is 6.04 Å². The van der Waals surface area contributed by atoms with Crippen LogP contribution in [0, 0.1) is 11.6 Å². The van der Waals surface area contributed by atoms with Crippen LogP contribution in [0.4, 0.5) is 8.78 Å². The molecule has 1 atom stereocenters. The summed E-state index contributed by atoms with van der Waals surface area (Å²) in [5.41, 5.74) is 4.29. The topological polar surface area (TPSA) is 39.5 Å². The van der Waals surface area contributed by atoms with Crippen molar-refractivity contribution in [3.05, 3.63) is 52.3 Å². The molecule has 7 heteroatoms. The predicted molar refractivity (Wildman–Crippen MR) is 96.2 cm³/mol. The summed E-state index contributed by atoms with van der Waals surface area (Å²) in [5, 5.41) is 4.92. The second-order valence-corrected chi connectivity index (χ2v) is 7.21. The number of halogens is 2. The lowest BCUT2D eigenvalue weighted by atomic mass is 10.0. The lowest BCUT2D eigenvalue weighted by Crippen LogP contribution is -2.24. The number of rotatable bonds is 6. The summed E-state index contributed by atoms with van der Waals surface area (Å²) in [6, 6.07) is 4.33. The monoisotopic (exact) mass is 377 g/mol. The molecule has 27 heavy (non-hydrogen) atoms. The van der Waals surface area contributed by atoms with Crippen molar-refractivity contribution in [1.82, 2.24) is 14.7 Å². The van der Waals surface area contributed by atoms with E-state index < -0.39 is 11.6 Å². The molecule has 0 saturated carbocycles. The summed E-state index contributed by atoms with van der Waals surface area (Å²) in [6.07, 6.45) is 2.94. The Morgan fingerprint density at radius 2 is 2.19 bits per heavy atom. The van der Waals surface area contributed by atoms with E-state index in [9.17, 15) is 8.78 Å². The normalized spacial score (nSPS) is 20.2. The van der Waals surface area contributed by atoms with Crippen LogP contribution in [-0.2, 0) is 35.6 Å². The van der Waals surface area contributed by atoms with Gasteiger partial charge < -0.3 is 9.47 Å². The van der Waals surface area contributed by atoms with Crippen LogP contribution in [-0.4, -0.2) is 41.5 Å². The molecular weight excluding hydrogens is 352 g/mol. The van der Waals surface area contributed by atoms with Gasteiger partial charge in [-0.05, 0) is 37.1 Å². The SMILES string of the molecule is COCCn1nc([C@@H]2CCCN2Cc2ccc(F)c(F)c2)c2c1CCOC2. The maximum absolute atomic E-state index is 13.6. The van der Waals surface area contributed by atoms with Crippen molar-refractivity contribution in [2.45, 2.75) is 45.0 Å². The summed E-state index contributed by atoms with van der Waals surface area (Å²) in [5.74, 6) is -1.60. The molecule has 2 aliphatic rings. The van der Waals surface area contributed by atoms with Gasteiger partial charge in [0.05, 0.1) is 38.1 Å². The van der Waals surface area contributed by atoms with Gasteiger partial charge in [0.15, 0.2) is 11.6 Å². The lowest BCUT2D eigenvalue weighted by molar-refractivity contribution is 0.106. The number of ether oxygens (including phenoxy) is 2. The van der Waals surface area contributed by atoms with E-state index in [1.807, 2.05) is 0 Å². The molecule has 3 heterocycles. The third-order valence-electron chi connectivity index (χ3n) is 5.48. The van der Waals surface area contributed by atoms with Crippen LogP contribution in [0.5, 0.6) is 0 Å². The van der Waals surface area contributed by atoms with Gasteiger partial charge >= 0.3 is 0 Å². The van der Waals surface area contributed by atoms with E-state index in [2.05, 4.69) is 9.58 Å². The number of methoxy groups -OCH3 is 1. The summed E-state index contributed by atoms with van der Waals surface area (Å²) < 4.78 is 39.8. The Kier molecular flexibility index (Phi) is 5.52. The molecule has 0 aliphatic carbocycles. The molecule has 0 unspecified atom stereocenters. The Hall–Kier alpha value is -1.83. The van der Waals surface area contributed by atoms with Crippen molar-refractivity contribution in [3.63, 3.8) is 0 Å². The van der Waals surface area contributed by atoms with Gasteiger partial charge in [-0.2, -0.15) is 5.10 Å². The number of aromatic nitrogens is 2. The van der Waals surface area contributed by atoms with Crippen molar-refractivity contribution in [3.8, 4) is 0 Å². The Morgan fingerprint density at radius 3 is 3.00 bits per heavy atom. The highest BCUT2D eigenvalue weighted by atomic mass is 19.2. The average molecular weight is 377 g/mol. The Labute approximate surface area is 157 Å². The summed E-state index contributed by atoms with van der Waals surface area (Å²) >= 11 is 0. The quantitative estimate of drug-likeness (QED) is 0.775. The van der Waals surface area contributed by atoms with E-state index >= 15 is 0 Å². The van der Waals surface area contributed by atoms with Crippen LogP contribution in [0.25, 0.3) is 0 Å². The molecule has 1 aromatic heterocycles. The first kappa shape index (κ1) is 18.5. The molecule has 5 nitrogen and oxygen atoms in total. The number of fused-ring (bicyclic) bond motifs is 1.